The molecule has 0 bridgehead atoms. The van der Waals surface area contributed by atoms with Crippen molar-refractivity contribution in [2.75, 3.05) is 25.0 Å². The lowest BCUT2D eigenvalue weighted by atomic mass is 10.1. The highest BCUT2D eigenvalue weighted by Gasteiger charge is 2.21. The van der Waals surface area contributed by atoms with Gasteiger partial charge in [0.15, 0.2) is 5.69 Å². The van der Waals surface area contributed by atoms with Gasteiger partial charge < -0.3 is 15.0 Å². The van der Waals surface area contributed by atoms with Crippen molar-refractivity contribution in [2.24, 2.45) is 0 Å². The van der Waals surface area contributed by atoms with Crippen LogP contribution in [0.4, 0.5) is 5.82 Å². The predicted molar refractivity (Wildman–Crippen MR) is 81.6 cm³/mol. The SMILES string of the molecule is CCOC(=O)c1cc(NC2CCN(C(C)=O)CC2)nc(C)n1. The molecule has 1 aliphatic heterocycles. The minimum atomic E-state index is -0.442. The van der Waals surface area contributed by atoms with Crippen LogP contribution in [0.2, 0.25) is 0 Å². The summed E-state index contributed by atoms with van der Waals surface area (Å²) < 4.78 is 4.97. The van der Waals surface area contributed by atoms with Crippen LogP contribution in [0, 0.1) is 6.92 Å². The molecular weight excluding hydrogens is 284 g/mol. The van der Waals surface area contributed by atoms with E-state index >= 15 is 0 Å². The Labute approximate surface area is 130 Å². The van der Waals surface area contributed by atoms with Gasteiger partial charge in [-0.2, -0.15) is 0 Å². The van der Waals surface area contributed by atoms with Crippen LogP contribution in [0.3, 0.4) is 0 Å². The summed E-state index contributed by atoms with van der Waals surface area (Å²) >= 11 is 0. The van der Waals surface area contributed by atoms with Crippen molar-refractivity contribution in [1.82, 2.24) is 14.9 Å². The molecule has 0 unspecified atom stereocenters. The van der Waals surface area contributed by atoms with Crippen LogP contribution in [0.1, 0.15) is 43.0 Å². The Morgan fingerprint density at radius 2 is 2.05 bits per heavy atom. The number of piperidine rings is 1. The summed E-state index contributed by atoms with van der Waals surface area (Å²) in [5.74, 6) is 0.814. The van der Waals surface area contributed by atoms with Crippen molar-refractivity contribution in [3.05, 3.63) is 17.6 Å². The van der Waals surface area contributed by atoms with Crippen molar-refractivity contribution in [2.45, 2.75) is 39.7 Å². The van der Waals surface area contributed by atoms with Gasteiger partial charge in [-0.05, 0) is 26.7 Å². The first kappa shape index (κ1) is 16.2. The third-order valence-electron chi connectivity index (χ3n) is 3.61. The fourth-order valence-electron chi connectivity index (χ4n) is 2.50. The third kappa shape index (κ3) is 4.16. The van der Waals surface area contributed by atoms with E-state index in [-0.39, 0.29) is 17.6 Å². The van der Waals surface area contributed by atoms with Gasteiger partial charge in [0.25, 0.3) is 0 Å². The number of hydrogen-bond acceptors (Lipinski definition) is 6. The highest BCUT2D eigenvalue weighted by atomic mass is 16.5. The van der Waals surface area contributed by atoms with Gasteiger partial charge in [-0.1, -0.05) is 0 Å². The summed E-state index contributed by atoms with van der Waals surface area (Å²) in [5, 5.41) is 3.32. The first-order valence-corrected chi connectivity index (χ1v) is 7.54. The molecule has 1 aromatic heterocycles. The normalized spacial score (nSPS) is 15.5. The number of esters is 1. The molecule has 1 aromatic rings. The first-order valence-electron chi connectivity index (χ1n) is 7.54. The average Bonchev–Trinajstić information content (AvgIpc) is 2.47. The lowest BCUT2D eigenvalue weighted by molar-refractivity contribution is -0.129. The Bertz CT molecular complexity index is 554. The highest BCUT2D eigenvalue weighted by molar-refractivity contribution is 5.88. The van der Waals surface area contributed by atoms with Crippen molar-refractivity contribution >= 4 is 17.7 Å². The number of ether oxygens (including phenoxy) is 1. The molecule has 22 heavy (non-hydrogen) atoms. The first-order chi connectivity index (χ1) is 10.5. The zero-order valence-corrected chi connectivity index (χ0v) is 13.3. The van der Waals surface area contributed by atoms with E-state index in [1.54, 1.807) is 26.8 Å². The number of anilines is 1. The van der Waals surface area contributed by atoms with Gasteiger partial charge in [0.05, 0.1) is 6.61 Å². The summed E-state index contributed by atoms with van der Waals surface area (Å²) in [6.45, 7) is 6.88. The predicted octanol–water partition coefficient (Wildman–Crippen LogP) is 1.38. The van der Waals surface area contributed by atoms with Crippen molar-refractivity contribution < 1.29 is 14.3 Å². The number of aromatic nitrogens is 2. The molecule has 1 amide bonds. The van der Waals surface area contributed by atoms with E-state index in [2.05, 4.69) is 15.3 Å². The molecule has 1 N–H and O–H groups in total. The number of carbonyl (C=O) groups is 2. The molecule has 2 rings (SSSR count). The lowest BCUT2D eigenvalue weighted by Crippen LogP contribution is -2.41. The quantitative estimate of drug-likeness (QED) is 0.846. The number of aryl methyl sites for hydroxylation is 1. The number of hydrogen-bond donors (Lipinski definition) is 1. The molecule has 0 aliphatic carbocycles. The molecule has 0 radical (unpaired) electrons. The zero-order valence-electron chi connectivity index (χ0n) is 13.3. The standard InChI is InChI=1S/C15H22N4O3/c1-4-22-15(21)13-9-14(17-10(2)16-13)18-12-5-7-19(8-6-12)11(3)20/h9,12H,4-8H2,1-3H3,(H,16,17,18). The van der Waals surface area contributed by atoms with Crippen LogP contribution < -0.4 is 5.32 Å². The van der Waals surface area contributed by atoms with E-state index < -0.39 is 5.97 Å². The van der Waals surface area contributed by atoms with Gasteiger partial charge in [-0.25, -0.2) is 14.8 Å². The molecular formula is C15H22N4O3. The highest BCUT2D eigenvalue weighted by Crippen LogP contribution is 2.16. The summed E-state index contributed by atoms with van der Waals surface area (Å²) in [5.41, 5.74) is 0.262. The number of rotatable bonds is 4. The third-order valence-corrected chi connectivity index (χ3v) is 3.61. The van der Waals surface area contributed by atoms with Crippen LogP contribution in [-0.2, 0) is 9.53 Å². The molecule has 7 heteroatoms. The van der Waals surface area contributed by atoms with E-state index in [1.165, 1.54) is 0 Å². The van der Waals surface area contributed by atoms with Gasteiger partial charge in [0.2, 0.25) is 5.91 Å². The van der Waals surface area contributed by atoms with Crippen LogP contribution in [0.15, 0.2) is 6.07 Å². The summed E-state index contributed by atoms with van der Waals surface area (Å²) in [4.78, 5) is 33.4. The van der Waals surface area contributed by atoms with Crippen LogP contribution in [-0.4, -0.2) is 52.5 Å². The minimum Gasteiger partial charge on any atom is -0.461 e. The van der Waals surface area contributed by atoms with Crippen molar-refractivity contribution in [1.29, 1.82) is 0 Å². The van der Waals surface area contributed by atoms with Gasteiger partial charge in [0, 0.05) is 32.1 Å². The van der Waals surface area contributed by atoms with Gasteiger partial charge in [-0.3, -0.25) is 4.79 Å². The number of amides is 1. The minimum absolute atomic E-state index is 0.112. The maximum absolute atomic E-state index is 11.8. The molecule has 1 fully saturated rings. The Balaban J connectivity index is 2.01. The van der Waals surface area contributed by atoms with Crippen molar-refractivity contribution in [3.63, 3.8) is 0 Å². The smallest absolute Gasteiger partial charge is 0.357 e. The van der Waals surface area contributed by atoms with E-state index in [0.717, 1.165) is 25.9 Å². The van der Waals surface area contributed by atoms with E-state index in [9.17, 15) is 9.59 Å². The summed E-state index contributed by atoms with van der Waals surface area (Å²) in [6, 6.07) is 1.85. The molecule has 7 nitrogen and oxygen atoms in total. The Hall–Kier alpha value is -2.18. The average molecular weight is 306 g/mol. The second-order valence-corrected chi connectivity index (χ2v) is 5.33. The van der Waals surface area contributed by atoms with E-state index in [1.807, 2.05) is 4.90 Å². The fraction of sp³-hybridized carbons (Fsp3) is 0.600. The summed E-state index contributed by atoms with van der Waals surface area (Å²) in [7, 11) is 0. The fourth-order valence-corrected chi connectivity index (χ4v) is 2.50. The lowest BCUT2D eigenvalue weighted by Gasteiger charge is -2.32. The molecule has 1 saturated heterocycles. The Morgan fingerprint density at radius 3 is 2.64 bits per heavy atom. The Kier molecular flexibility index (Phi) is 5.30. The van der Waals surface area contributed by atoms with E-state index in [0.29, 0.717) is 18.2 Å². The number of nitrogens with zero attached hydrogens (tertiary/aromatic N) is 3. The number of nitrogens with one attached hydrogen (secondary N) is 1. The zero-order chi connectivity index (χ0) is 16.1. The molecule has 2 heterocycles. The van der Waals surface area contributed by atoms with Gasteiger partial charge >= 0.3 is 5.97 Å². The second kappa shape index (κ2) is 7.20. The monoisotopic (exact) mass is 306 g/mol. The molecule has 0 saturated carbocycles. The topological polar surface area (TPSA) is 84.4 Å². The number of likely N-dealkylation sites (tertiary alicyclic amines) is 1. The van der Waals surface area contributed by atoms with Gasteiger partial charge in [0.1, 0.15) is 11.6 Å². The Morgan fingerprint density at radius 1 is 1.36 bits per heavy atom. The van der Waals surface area contributed by atoms with Crippen molar-refractivity contribution in [3.8, 4) is 0 Å². The summed E-state index contributed by atoms with van der Waals surface area (Å²) in [6.07, 6.45) is 1.72. The van der Waals surface area contributed by atoms with E-state index in [4.69, 9.17) is 4.74 Å². The van der Waals surface area contributed by atoms with Gasteiger partial charge in [-0.15, -0.1) is 0 Å². The van der Waals surface area contributed by atoms with Crippen LogP contribution in [0.5, 0.6) is 0 Å². The maximum atomic E-state index is 11.8. The largest absolute Gasteiger partial charge is 0.461 e. The molecule has 0 aromatic carbocycles. The maximum Gasteiger partial charge on any atom is 0.357 e. The number of carbonyl (C=O) groups excluding carboxylic acids is 2. The molecule has 0 spiro atoms. The molecule has 120 valence electrons. The van der Waals surface area contributed by atoms with Crippen LogP contribution in [0.25, 0.3) is 0 Å². The molecule has 1 aliphatic rings. The molecule has 0 atom stereocenters. The van der Waals surface area contributed by atoms with Crippen LogP contribution >= 0.6 is 0 Å². The second-order valence-electron chi connectivity index (χ2n) is 5.33.